The van der Waals surface area contributed by atoms with Gasteiger partial charge in [-0.1, -0.05) is 12.1 Å². The number of amides is 2. The number of imidazole rings is 1. The van der Waals surface area contributed by atoms with Gasteiger partial charge in [-0.2, -0.15) is 0 Å². The molecule has 0 spiro atoms. The Morgan fingerprint density at radius 1 is 1.06 bits per heavy atom. The lowest BCUT2D eigenvalue weighted by Crippen LogP contribution is -2.36. The first-order chi connectivity index (χ1) is 17.6. The maximum absolute atomic E-state index is 11.9. The quantitative estimate of drug-likeness (QED) is 0.366. The fourth-order valence-corrected chi connectivity index (χ4v) is 4.00. The molecule has 1 saturated heterocycles. The summed E-state index contributed by atoms with van der Waals surface area (Å²) in [6.07, 6.45) is 5.79. The molecular formula is C26H28N6O4. The molecule has 2 amide bonds. The van der Waals surface area contributed by atoms with Crippen molar-refractivity contribution in [3.8, 4) is 22.4 Å². The Hall–Kier alpha value is -4.44. The van der Waals surface area contributed by atoms with Crippen molar-refractivity contribution >= 4 is 29.7 Å². The number of morpholine rings is 1. The second-order valence-corrected chi connectivity index (χ2v) is 7.96. The lowest BCUT2D eigenvalue weighted by molar-refractivity contribution is -0.122. The molecular weight excluding hydrogens is 460 g/mol. The summed E-state index contributed by atoms with van der Waals surface area (Å²) < 4.78 is 7.47. The van der Waals surface area contributed by atoms with E-state index in [0.717, 1.165) is 65.8 Å². The Balaban J connectivity index is 0.000000967. The maximum atomic E-state index is 11.9. The molecule has 10 nitrogen and oxygen atoms in total. The third-order valence-electron chi connectivity index (χ3n) is 5.68. The molecule has 4 aromatic rings. The molecule has 1 aliphatic rings. The van der Waals surface area contributed by atoms with Crippen molar-refractivity contribution < 1.29 is 19.4 Å². The number of carbonyl (C=O) groups is 2. The first kappa shape index (κ1) is 24.7. The van der Waals surface area contributed by atoms with Crippen molar-refractivity contribution in [2.45, 2.75) is 6.92 Å². The number of rotatable bonds is 5. The van der Waals surface area contributed by atoms with Crippen molar-refractivity contribution in [2.24, 2.45) is 0 Å². The van der Waals surface area contributed by atoms with Crippen LogP contribution in [0.2, 0.25) is 0 Å². The number of ether oxygens (including phenoxy) is 1. The Morgan fingerprint density at radius 3 is 2.58 bits per heavy atom. The highest BCUT2D eigenvalue weighted by Crippen LogP contribution is 2.27. The van der Waals surface area contributed by atoms with E-state index in [0.29, 0.717) is 6.54 Å². The van der Waals surface area contributed by atoms with E-state index >= 15 is 0 Å². The van der Waals surface area contributed by atoms with Crippen molar-refractivity contribution in [3.05, 3.63) is 67.1 Å². The van der Waals surface area contributed by atoms with E-state index in [1.54, 1.807) is 0 Å². The number of anilines is 2. The molecule has 3 N–H and O–H groups in total. The third-order valence-corrected chi connectivity index (χ3v) is 5.68. The second-order valence-electron chi connectivity index (χ2n) is 7.96. The Bertz CT molecular complexity index is 1320. The van der Waals surface area contributed by atoms with Crippen molar-refractivity contribution in [1.29, 1.82) is 0 Å². The van der Waals surface area contributed by atoms with Gasteiger partial charge in [-0.15, -0.1) is 0 Å². The van der Waals surface area contributed by atoms with Crippen molar-refractivity contribution in [2.75, 3.05) is 43.1 Å². The van der Waals surface area contributed by atoms with Gasteiger partial charge in [-0.25, -0.2) is 14.8 Å². The van der Waals surface area contributed by atoms with E-state index in [4.69, 9.17) is 14.6 Å². The van der Waals surface area contributed by atoms with E-state index in [1.807, 2.05) is 54.2 Å². The number of pyridine rings is 2. The summed E-state index contributed by atoms with van der Waals surface area (Å²) in [5, 5.41) is 12.5. The summed E-state index contributed by atoms with van der Waals surface area (Å²) in [6.45, 7) is 5.44. The van der Waals surface area contributed by atoms with Gasteiger partial charge in [0.1, 0.15) is 11.5 Å². The van der Waals surface area contributed by atoms with Gasteiger partial charge in [-0.3, -0.25) is 9.20 Å². The summed E-state index contributed by atoms with van der Waals surface area (Å²) in [4.78, 5) is 31.7. The molecule has 0 radical (unpaired) electrons. The Morgan fingerprint density at radius 2 is 1.86 bits per heavy atom. The van der Waals surface area contributed by atoms with Gasteiger partial charge in [0.15, 0.2) is 0 Å². The van der Waals surface area contributed by atoms with Gasteiger partial charge < -0.3 is 25.4 Å². The summed E-state index contributed by atoms with van der Waals surface area (Å²) in [5.74, 6) is 0.979. The number of benzene rings is 1. The standard InChI is InChI=1S/C25H26N6O2.CH2O2/c1-2-26-25(32)29-21-5-3-4-19(14-21)22-17-28-24-15-18(8-9-31(22)24)20-6-7-23(27-16-20)30-10-12-33-13-11-30;2-1-3/h3-9,14-17H,2,10-13H2,1H3,(H2,26,29,32);1H,(H,2,3). The zero-order valence-corrected chi connectivity index (χ0v) is 19.9. The molecule has 1 aromatic carbocycles. The average molecular weight is 489 g/mol. The Kier molecular flexibility index (Phi) is 8.09. The molecule has 1 fully saturated rings. The number of hydrogen-bond donors (Lipinski definition) is 3. The molecule has 0 aliphatic carbocycles. The van der Waals surface area contributed by atoms with Crippen LogP contribution in [-0.2, 0) is 9.53 Å². The first-order valence-electron chi connectivity index (χ1n) is 11.6. The van der Waals surface area contributed by atoms with Crippen molar-refractivity contribution in [1.82, 2.24) is 19.7 Å². The molecule has 186 valence electrons. The smallest absolute Gasteiger partial charge is 0.319 e. The number of aromatic nitrogens is 3. The van der Waals surface area contributed by atoms with E-state index in [9.17, 15) is 4.79 Å². The maximum Gasteiger partial charge on any atom is 0.319 e. The van der Waals surface area contributed by atoms with Gasteiger partial charge >= 0.3 is 6.03 Å². The molecule has 0 bridgehead atoms. The molecule has 4 heterocycles. The van der Waals surface area contributed by atoms with Crippen LogP contribution >= 0.6 is 0 Å². The van der Waals surface area contributed by atoms with Crippen LogP contribution in [0.15, 0.2) is 67.1 Å². The van der Waals surface area contributed by atoms with Crippen LogP contribution in [0, 0.1) is 0 Å². The van der Waals surface area contributed by atoms with E-state index in [1.165, 1.54) is 0 Å². The van der Waals surface area contributed by atoms with Crippen LogP contribution in [0.1, 0.15) is 6.92 Å². The highest BCUT2D eigenvalue weighted by Gasteiger charge is 2.13. The molecule has 5 rings (SSSR count). The largest absolute Gasteiger partial charge is 0.483 e. The van der Waals surface area contributed by atoms with Gasteiger partial charge in [-0.05, 0) is 48.9 Å². The molecule has 0 atom stereocenters. The second kappa shape index (κ2) is 11.8. The molecule has 0 saturated carbocycles. The number of nitrogens with zero attached hydrogens (tertiary/aromatic N) is 4. The summed E-state index contributed by atoms with van der Waals surface area (Å²) in [6, 6.07) is 15.8. The molecule has 10 heteroatoms. The number of hydrogen-bond acceptors (Lipinski definition) is 6. The average Bonchev–Trinajstić information content (AvgIpc) is 3.33. The lowest BCUT2D eigenvalue weighted by Gasteiger charge is -2.27. The van der Waals surface area contributed by atoms with Gasteiger partial charge in [0.25, 0.3) is 6.47 Å². The third kappa shape index (κ3) is 5.78. The zero-order chi connectivity index (χ0) is 25.3. The summed E-state index contributed by atoms with van der Waals surface area (Å²) in [5.41, 5.74) is 5.62. The normalized spacial score (nSPS) is 13.0. The highest BCUT2D eigenvalue weighted by molar-refractivity contribution is 5.90. The van der Waals surface area contributed by atoms with Gasteiger partial charge in [0, 0.05) is 48.8 Å². The van der Waals surface area contributed by atoms with Crippen LogP contribution < -0.4 is 15.5 Å². The Labute approximate surface area is 208 Å². The fourth-order valence-electron chi connectivity index (χ4n) is 4.00. The SMILES string of the molecule is CCNC(=O)Nc1cccc(-c2cnc3cc(-c4ccc(N5CCOCC5)nc4)ccn23)c1.O=CO. The number of carboxylic acid groups (broad SMARTS) is 1. The lowest BCUT2D eigenvalue weighted by atomic mass is 10.1. The first-order valence-corrected chi connectivity index (χ1v) is 11.6. The monoisotopic (exact) mass is 488 g/mol. The van der Waals surface area contributed by atoms with Crippen LogP contribution in [-0.4, -0.2) is 64.8 Å². The topological polar surface area (TPSA) is 121 Å². The minimum atomic E-state index is -0.250. The van der Waals surface area contributed by atoms with Gasteiger partial charge in [0.2, 0.25) is 0 Å². The number of nitrogens with one attached hydrogen (secondary N) is 2. The number of urea groups is 1. The van der Waals surface area contributed by atoms with Gasteiger partial charge in [0.05, 0.1) is 25.1 Å². The van der Waals surface area contributed by atoms with Crippen LogP contribution in [0.3, 0.4) is 0 Å². The number of fused-ring (bicyclic) bond motifs is 1. The minimum Gasteiger partial charge on any atom is -0.483 e. The van der Waals surface area contributed by atoms with E-state index in [-0.39, 0.29) is 12.5 Å². The number of carbonyl (C=O) groups excluding carboxylic acids is 1. The van der Waals surface area contributed by atoms with Crippen LogP contribution in [0.4, 0.5) is 16.3 Å². The summed E-state index contributed by atoms with van der Waals surface area (Å²) >= 11 is 0. The van der Waals surface area contributed by atoms with E-state index < -0.39 is 0 Å². The highest BCUT2D eigenvalue weighted by atomic mass is 16.5. The molecule has 36 heavy (non-hydrogen) atoms. The molecule has 3 aromatic heterocycles. The van der Waals surface area contributed by atoms with Crippen LogP contribution in [0.5, 0.6) is 0 Å². The van der Waals surface area contributed by atoms with Crippen LogP contribution in [0.25, 0.3) is 28.0 Å². The summed E-state index contributed by atoms with van der Waals surface area (Å²) in [7, 11) is 0. The zero-order valence-electron chi connectivity index (χ0n) is 19.9. The molecule has 1 aliphatic heterocycles. The fraction of sp³-hybridized carbons (Fsp3) is 0.231. The minimum absolute atomic E-state index is 0.217. The molecule has 0 unspecified atom stereocenters. The predicted molar refractivity (Wildman–Crippen MR) is 138 cm³/mol. The predicted octanol–water partition coefficient (Wildman–Crippen LogP) is 3.74. The van der Waals surface area contributed by atoms with E-state index in [2.05, 4.69) is 49.8 Å². The van der Waals surface area contributed by atoms with Crippen molar-refractivity contribution in [3.63, 3.8) is 0 Å².